The molecule has 0 amide bonds. The Bertz CT molecular complexity index is 535. The Hall–Kier alpha value is -1.95. The number of nitrogens with two attached hydrogens (primary N) is 1. The quantitative estimate of drug-likeness (QED) is 0.846. The Morgan fingerprint density at radius 1 is 1.37 bits per heavy atom. The number of nitrogens with one attached hydrogen (secondary N) is 1. The van der Waals surface area contributed by atoms with Crippen LogP contribution < -0.4 is 11.1 Å². The summed E-state index contributed by atoms with van der Waals surface area (Å²) < 4.78 is 1.96. The fourth-order valence-corrected chi connectivity index (χ4v) is 2.36. The first-order valence-electron chi connectivity index (χ1n) is 6.64. The molecule has 100 valence electrons. The third-order valence-electron chi connectivity index (χ3n) is 3.40. The summed E-state index contributed by atoms with van der Waals surface area (Å²) >= 11 is 0. The zero-order chi connectivity index (χ0) is 13.1. The van der Waals surface area contributed by atoms with E-state index in [0.29, 0.717) is 12.5 Å². The number of hydrogen-bond donors (Lipinski definition) is 2. The van der Waals surface area contributed by atoms with Crippen molar-refractivity contribution in [2.75, 3.05) is 18.4 Å². The second kappa shape index (κ2) is 5.36. The highest BCUT2D eigenvalue weighted by atomic mass is 15.4. The lowest BCUT2D eigenvalue weighted by atomic mass is 9.99. The van der Waals surface area contributed by atoms with Crippen LogP contribution in [0.3, 0.4) is 0 Å². The second-order valence-corrected chi connectivity index (χ2v) is 4.78. The Balaban J connectivity index is 1.75. The molecule has 0 aliphatic carbocycles. The Morgan fingerprint density at radius 2 is 2.21 bits per heavy atom. The lowest BCUT2D eigenvalue weighted by Crippen LogP contribution is -2.26. The standard InChI is InChI=1S/C13H18N6/c14-5-1-2-12-17-13-16-8-11(9-19(13)18-12)10-3-6-15-7-4-10/h3-4,6-7,11H,1-2,5,8-9,14H2,(H,16,17,18). The number of rotatable bonds is 4. The summed E-state index contributed by atoms with van der Waals surface area (Å²) in [6.45, 7) is 2.43. The van der Waals surface area contributed by atoms with E-state index in [0.717, 1.165) is 37.7 Å². The molecule has 6 nitrogen and oxygen atoms in total. The van der Waals surface area contributed by atoms with E-state index in [1.165, 1.54) is 5.56 Å². The minimum Gasteiger partial charge on any atom is -0.354 e. The predicted molar refractivity (Wildman–Crippen MR) is 72.9 cm³/mol. The summed E-state index contributed by atoms with van der Waals surface area (Å²) in [5.41, 5.74) is 6.80. The minimum absolute atomic E-state index is 0.416. The van der Waals surface area contributed by atoms with Gasteiger partial charge in [-0.2, -0.15) is 10.1 Å². The first-order valence-corrected chi connectivity index (χ1v) is 6.64. The van der Waals surface area contributed by atoms with Gasteiger partial charge in [-0.1, -0.05) is 0 Å². The van der Waals surface area contributed by atoms with Crippen LogP contribution in [0.1, 0.15) is 23.7 Å². The van der Waals surface area contributed by atoms with Gasteiger partial charge in [0.1, 0.15) is 0 Å². The zero-order valence-corrected chi connectivity index (χ0v) is 10.8. The maximum Gasteiger partial charge on any atom is 0.221 e. The highest BCUT2D eigenvalue weighted by Crippen LogP contribution is 2.23. The molecule has 19 heavy (non-hydrogen) atoms. The topological polar surface area (TPSA) is 81.7 Å². The third-order valence-corrected chi connectivity index (χ3v) is 3.40. The average Bonchev–Trinajstić information content (AvgIpc) is 2.87. The van der Waals surface area contributed by atoms with Crippen molar-refractivity contribution in [2.45, 2.75) is 25.3 Å². The van der Waals surface area contributed by atoms with Crippen LogP contribution in [0.5, 0.6) is 0 Å². The molecule has 2 aromatic heterocycles. The van der Waals surface area contributed by atoms with Gasteiger partial charge < -0.3 is 11.1 Å². The summed E-state index contributed by atoms with van der Waals surface area (Å²) in [7, 11) is 0. The van der Waals surface area contributed by atoms with Crippen molar-refractivity contribution in [3.8, 4) is 0 Å². The highest BCUT2D eigenvalue weighted by molar-refractivity contribution is 5.31. The second-order valence-electron chi connectivity index (χ2n) is 4.78. The number of nitrogens with zero attached hydrogens (tertiary/aromatic N) is 4. The maximum absolute atomic E-state index is 5.51. The molecular formula is C13H18N6. The van der Waals surface area contributed by atoms with Gasteiger partial charge in [0.2, 0.25) is 5.95 Å². The van der Waals surface area contributed by atoms with E-state index >= 15 is 0 Å². The number of fused-ring (bicyclic) bond motifs is 1. The lowest BCUT2D eigenvalue weighted by Gasteiger charge is -2.23. The van der Waals surface area contributed by atoms with Gasteiger partial charge >= 0.3 is 0 Å². The van der Waals surface area contributed by atoms with Crippen LogP contribution in [0.4, 0.5) is 5.95 Å². The smallest absolute Gasteiger partial charge is 0.221 e. The number of aryl methyl sites for hydroxylation is 1. The summed E-state index contributed by atoms with van der Waals surface area (Å²) in [6.07, 6.45) is 5.44. The minimum atomic E-state index is 0.416. The molecule has 1 unspecified atom stereocenters. The monoisotopic (exact) mass is 258 g/mol. The predicted octanol–water partition coefficient (Wildman–Crippen LogP) is 0.774. The molecule has 1 aliphatic heterocycles. The largest absolute Gasteiger partial charge is 0.354 e. The molecule has 0 saturated heterocycles. The number of anilines is 1. The maximum atomic E-state index is 5.51. The molecular weight excluding hydrogens is 240 g/mol. The average molecular weight is 258 g/mol. The van der Waals surface area contributed by atoms with Crippen molar-refractivity contribution in [2.24, 2.45) is 5.73 Å². The van der Waals surface area contributed by atoms with E-state index in [2.05, 4.69) is 32.5 Å². The number of aromatic nitrogens is 4. The molecule has 1 atom stereocenters. The van der Waals surface area contributed by atoms with Crippen LogP contribution >= 0.6 is 0 Å². The van der Waals surface area contributed by atoms with Crippen LogP contribution in [0, 0.1) is 0 Å². The summed E-state index contributed by atoms with van der Waals surface area (Å²) in [6, 6.07) is 4.12. The van der Waals surface area contributed by atoms with E-state index < -0.39 is 0 Å². The first kappa shape index (κ1) is 12.1. The van der Waals surface area contributed by atoms with E-state index in [1.54, 1.807) is 0 Å². The van der Waals surface area contributed by atoms with Crippen LogP contribution in [0.25, 0.3) is 0 Å². The Morgan fingerprint density at radius 3 is 3.00 bits per heavy atom. The lowest BCUT2D eigenvalue weighted by molar-refractivity contribution is 0.500. The normalized spacial score (nSPS) is 17.8. The third kappa shape index (κ3) is 2.58. The molecule has 3 rings (SSSR count). The van der Waals surface area contributed by atoms with Crippen molar-refractivity contribution in [3.63, 3.8) is 0 Å². The van der Waals surface area contributed by atoms with Gasteiger partial charge in [-0.3, -0.25) is 4.98 Å². The number of hydrogen-bond acceptors (Lipinski definition) is 5. The molecule has 3 heterocycles. The molecule has 0 aromatic carbocycles. The van der Waals surface area contributed by atoms with Crippen molar-refractivity contribution in [3.05, 3.63) is 35.9 Å². The van der Waals surface area contributed by atoms with Gasteiger partial charge in [0.15, 0.2) is 5.82 Å². The van der Waals surface area contributed by atoms with Gasteiger partial charge in [-0.15, -0.1) is 0 Å². The SMILES string of the molecule is NCCCc1nc2n(n1)CC(c1ccncc1)CN2. The van der Waals surface area contributed by atoms with Crippen LogP contribution in [0.15, 0.2) is 24.5 Å². The molecule has 1 aliphatic rings. The van der Waals surface area contributed by atoms with Gasteiger partial charge in [0.05, 0.1) is 6.54 Å². The molecule has 2 aromatic rings. The van der Waals surface area contributed by atoms with Gasteiger partial charge in [-0.25, -0.2) is 4.68 Å². The van der Waals surface area contributed by atoms with E-state index in [1.807, 2.05) is 17.1 Å². The fourth-order valence-electron chi connectivity index (χ4n) is 2.36. The van der Waals surface area contributed by atoms with Crippen molar-refractivity contribution >= 4 is 5.95 Å². The van der Waals surface area contributed by atoms with Crippen molar-refractivity contribution < 1.29 is 0 Å². The highest BCUT2D eigenvalue weighted by Gasteiger charge is 2.22. The van der Waals surface area contributed by atoms with E-state index in [4.69, 9.17) is 5.73 Å². The van der Waals surface area contributed by atoms with Crippen LogP contribution in [0.2, 0.25) is 0 Å². The Kier molecular flexibility index (Phi) is 3.41. The zero-order valence-electron chi connectivity index (χ0n) is 10.8. The van der Waals surface area contributed by atoms with Crippen LogP contribution in [-0.2, 0) is 13.0 Å². The summed E-state index contributed by atoms with van der Waals surface area (Å²) in [5.74, 6) is 2.17. The van der Waals surface area contributed by atoms with Crippen molar-refractivity contribution in [1.82, 2.24) is 19.7 Å². The first-order chi connectivity index (χ1) is 9.36. The summed E-state index contributed by atoms with van der Waals surface area (Å²) in [5, 5.41) is 7.88. The molecule has 3 N–H and O–H groups in total. The molecule has 0 spiro atoms. The van der Waals surface area contributed by atoms with Crippen molar-refractivity contribution in [1.29, 1.82) is 0 Å². The molecule has 0 fully saturated rings. The molecule has 0 saturated carbocycles. The van der Waals surface area contributed by atoms with Gasteiger partial charge in [0.25, 0.3) is 0 Å². The molecule has 0 radical (unpaired) electrons. The Labute approximate surface area is 112 Å². The summed E-state index contributed by atoms with van der Waals surface area (Å²) in [4.78, 5) is 8.54. The van der Waals surface area contributed by atoms with Crippen LogP contribution in [-0.4, -0.2) is 32.8 Å². The molecule has 6 heteroatoms. The van der Waals surface area contributed by atoms with Gasteiger partial charge in [-0.05, 0) is 30.7 Å². The molecule has 0 bridgehead atoms. The van der Waals surface area contributed by atoms with E-state index in [-0.39, 0.29) is 0 Å². The number of pyridine rings is 1. The fraction of sp³-hybridized carbons (Fsp3) is 0.462. The van der Waals surface area contributed by atoms with Gasteiger partial charge in [0, 0.05) is 31.3 Å². The van der Waals surface area contributed by atoms with E-state index in [9.17, 15) is 0 Å².